The molecule has 20 heavy (non-hydrogen) atoms. The number of methoxy groups -OCH3 is 1. The Bertz CT molecular complexity index is 619. The number of hydrogen-bond acceptors (Lipinski definition) is 2. The lowest BCUT2D eigenvalue weighted by Gasteiger charge is -2.14. The van der Waals surface area contributed by atoms with Crippen LogP contribution in [0.4, 0.5) is 4.39 Å². The second kappa shape index (κ2) is 6.57. The third kappa shape index (κ3) is 3.51. The summed E-state index contributed by atoms with van der Waals surface area (Å²) in [6.45, 7) is 0. The van der Waals surface area contributed by atoms with Crippen molar-refractivity contribution in [2.75, 3.05) is 7.11 Å². The van der Waals surface area contributed by atoms with Crippen molar-refractivity contribution in [3.8, 4) is 5.75 Å². The number of ether oxygens (including phenoxy) is 1. The van der Waals surface area contributed by atoms with Crippen LogP contribution in [0, 0.1) is 5.82 Å². The Balaban J connectivity index is 2.25. The van der Waals surface area contributed by atoms with Crippen molar-refractivity contribution in [1.29, 1.82) is 0 Å². The van der Waals surface area contributed by atoms with Gasteiger partial charge in [0.25, 0.3) is 0 Å². The highest BCUT2D eigenvalue weighted by Gasteiger charge is 2.15. The van der Waals surface area contributed by atoms with Gasteiger partial charge in [-0.1, -0.05) is 33.6 Å². The molecule has 1 unspecified atom stereocenters. The minimum atomic E-state index is -0.813. The molecule has 2 aromatic carbocycles. The molecule has 0 aliphatic heterocycles. The molecule has 1 N–H and O–H groups in total. The van der Waals surface area contributed by atoms with Crippen LogP contribution in [0.1, 0.15) is 17.2 Å². The highest BCUT2D eigenvalue weighted by Crippen LogP contribution is 2.30. The lowest BCUT2D eigenvalue weighted by molar-refractivity contribution is 0.178. The molecule has 0 saturated heterocycles. The Labute approximate surface area is 130 Å². The first-order valence-corrected chi connectivity index (χ1v) is 7.14. The SMILES string of the molecule is COc1ccc(Br)c(CC(O)c2ccc(F)cc2Cl)c1. The quantitative estimate of drug-likeness (QED) is 0.869. The topological polar surface area (TPSA) is 29.5 Å². The van der Waals surface area contributed by atoms with E-state index in [9.17, 15) is 9.50 Å². The molecule has 0 radical (unpaired) electrons. The van der Waals surface area contributed by atoms with Gasteiger partial charge >= 0.3 is 0 Å². The molecule has 0 bridgehead atoms. The fourth-order valence-corrected chi connectivity index (χ4v) is 2.63. The van der Waals surface area contributed by atoms with E-state index in [0.29, 0.717) is 17.7 Å². The molecule has 0 heterocycles. The number of benzene rings is 2. The first-order chi connectivity index (χ1) is 9.51. The van der Waals surface area contributed by atoms with Gasteiger partial charge in [0.2, 0.25) is 0 Å². The van der Waals surface area contributed by atoms with Crippen molar-refractivity contribution in [1.82, 2.24) is 0 Å². The van der Waals surface area contributed by atoms with Gasteiger partial charge in [0.05, 0.1) is 13.2 Å². The fraction of sp³-hybridized carbons (Fsp3) is 0.200. The van der Waals surface area contributed by atoms with Gasteiger partial charge in [0.1, 0.15) is 11.6 Å². The van der Waals surface area contributed by atoms with E-state index in [4.69, 9.17) is 16.3 Å². The molecule has 0 saturated carbocycles. The third-order valence-electron chi connectivity index (χ3n) is 2.99. The van der Waals surface area contributed by atoms with Crippen LogP contribution in [-0.4, -0.2) is 12.2 Å². The van der Waals surface area contributed by atoms with Crippen molar-refractivity contribution in [2.45, 2.75) is 12.5 Å². The van der Waals surface area contributed by atoms with Gasteiger partial charge in [0, 0.05) is 15.9 Å². The predicted octanol–water partition coefficient (Wildman–Crippen LogP) is 4.53. The minimum Gasteiger partial charge on any atom is -0.497 e. The zero-order valence-electron chi connectivity index (χ0n) is 10.7. The summed E-state index contributed by atoms with van der Waals surface area (Å²) in [5.41, 5.74) is 1.39. The lowest BCUT2D eigenvalue weighted by atomic mass is 10.0. The molecule has 0 aliphatic carbocycles. The summed E-state index contributed by atoms with van der Waals surface area (Å²) in [6, 6.07) is 9.49. The van der Waals surface area contributed by atoms with E-state index < -0.39 is 11.9 Å². The summed E-state index contributed by atoms with van der Waals surface area (Å²) in [5, 5.41) is 10.5. The Morgan fingerprint density at radius 1 is 1.30 bits per heavy atom. The first-order valence-electron chi connectivity index (χ1n) is 5.96. The molecule has 1 atom stereocenters. The first kappa shape index (κ1) is 15.3. The van der Waals surface area contributed by atoms with Crippen molar-refractivity contribution in [3.05, 3.63) is 62.8 Å². The Morgan fingerprint density at radius 3 is 2.70 bits per heavy atom. The highest BCUT2D eigenvalue weighted by atomic mass is 79.9. The van der Waals surface area contributed by atoms with E-state index in [1.165, 1.54) is 18.2 Å². The maximum Gasteiger partial charge on any atom is 0.124 e. The smallest absolute Gasteiger partial charge is 0.124 e. The molecule has 2 rings (SSSR count). The van der Waals surface area contributed by atoms with Crippen LogP contribution in [0.2, 0.25) is 5.02 Å². The molecule has 2 aromatic rings. The van der Waals surface area contributed by atoms with Crippen LogP contribution in [0.15, 0.2) is 40.9 Å². The molecular weight excluding hydrogens is 347 g/mol. The van der Waals surface area contributed by atoms with Gasteiger partial charge in [-0.25, -0.2) is 4.39 Å². The zero-order chi connectivity index (χ0) is 14.7. The second-order valence-electron chi connectivity index (χ2n) is 4.34. The lowest BCUT2D eigenvalue weighted by Crippen LogP contribution is -2.04. The van der Waals surface area contributed by atoms with E-state index in [1.807, 2.05) is 18.2 Å². The normalized spacial score (nSPS) is 12.2. The molecule has 0 fully saturated rings. The van der Waals surface area contributed by atoms with E-state index in [-0.39, 0.29) is 5.02 Å². The largest absolute Gasteiger partial charge is 0.497 e. The molecule has 2 nitrogen and oxygen atoms in total. The second-order valence-corrected chi connectivity index (χ2v) is 5.60. The van der Waals surface area contributed by atoms with Crippen LogP contribution in [-0.2, 0) is 6.42 Å². The number of rotatable bonds is 4. The van der Waals surface area contributed by atoms with E-state index >= 15 is 0 Å². The van der Waals surface area contributed by atoms with Gasteiger partial charge in [-0.15, -0.1) is 0 Å². The van der Waals surface area contributed by atoms with Crippen LogP contribution >= 0.6 is 27.5 Å². The summed E-state index contributed by atoms with van der Waals surface area (Å²) >= 11 is 9.38. The van der Waals surface area contributed by atoms with Crippen molar-refractivity contribution < 1.29 is 14.2 Å². The molecule has 106 valence electrons. The number of aliphatic hydroxyl groups excluding tert-OH is 1. The molecule has 0 aromatic heterocycles. The summed E-state index contributed by atoms with van der Waals surface area (Å²) in [6.07, 6.45) is -0.463. The molecular formula is C15H13BrClFO2. The molecule has 5 heteroatoms. The van der Waals surface area contributed by atoms with Crippen LogP contribution in [0.25, 0.3) is 0 Å². The number of halogens is 3. The Morgan fingerprint density at radius 2 is 2.05 bits per heavy atom. The van der Waals surface area contributed by atoms with Crippen LogP contribution < -0.4 is 4.74 Å². The predicted molar refractivity (Wildman–Crippen MR) is 80.8 cm³/mol. The highest BCUT2D eigenvalue weighted by molar-refractivity contribution is 9.10. The van der Waals surface area contributed by atoms with Crippen molar-refractivity contribution in [2.24, 2.45) is 0 Å². The summed E-state index contributed by atoms with van der Waals surface area (Å²) in [7, 11) is 1.58. The average Bonchev–Trinajstić information content (AvgIpc) is 2.41. The maximum atomic E-state index is 13.0. The Hall–Kier alpha value is -1.10. The minimum absolute atomic E-state index is 0.219. The Kier molecular flexibility index (Phi) is 5.02. The van der Waals surface area contributed by atoms with E-state index in [1.54, 1.807) is 7.11 Å². The van der Waals surface area contributed by atoms with Crippen molar-refractivity contribution >= 4 is 27.5 Å². The van der Waals surface area contributed by atoms with Crippen molar-refractivity contribution in [3.63, 3.8) is 0 Å². The van der Waals surface area contributed by atoms with Gasteiger partial charge < -0.3 is 9.84 Å². The van der Waals surface area contributed by atoms with Gasteiger partial charge in [-0.2, -0.15) is 0 Å². The van der Waals surface area contributed by atoms with Crippen LogP contribution in [0.5, 0.6) is 5.75 Å². The molecule has 0 amide bonds. The number of aliphatic hydroxyl groups is 1. The monoisotopic (exact) mass is 358 g/mol. The van der Waals surface area contributed by atoms with Gasteiger partial charge in [-0.3, -0.25) is 0 Å². The molecule has 0 aliphatic rings. The molecule has 0 spiro atoms. The summed E-state index contributed by atoms with van der Waals surface area (Å²) < 4.78 is 19.0. The van der Waals surface area contributed by atoms with Gasteiger partial charge in [-0.05, 0) is 41.5 Å². The van der Waals surface area contributed by atoms with Crippen LogP contribution in [0.3, 0.4) is 0 Å². The van der Waals surface area contributed by atoms with E-state index in [2.05, 4.69) is 15.9 Å². The van der Waals surface area contributed by atoms with E-state index in [0.717, 1.165) is 10.0 Å². The summed E-state index contributed by atoms with van der Waals surface area (Å²) in [4.78, 5) is 0. The average molecular weight is 360 g/mol. The fourth-order valence-electron chi connectivity index (χ4n) is 1.92. The maximum absolute atomic E-state index is 13.0. The third-order valence-corrected chi connectivity index (χ3v) is 4.09. The standard InChI is InChI=1S/C15H13BrClFO2/c1-20-11-3-5-13(16)9(6-11)7-15(19)12-4-2-10(18)8-14(12)17/h2-6,8,15,19H,7H2,1H3. The summed E-state index contributed by atoms with van der Waals surface area (Å²) in [5.74, 6) is 0.286. The van der Waals surface area contributed by atoms with Gasteiger partial charge in [0.15, 0.2) is 0 Å². The number of hydrogen-bond donors (Lipinski definition) is 1. The zero-order valence-corrected chi connectivity index (χ0v) is 13.1.